The summed E-state index contributed by atoms with van der Waals surface area (Å²) in [7, 11) is 0. The molecule has 2 fully saturated rings. The minimum absolute atomic E-state index is 0.00911. The van der Waals surface area contributed by atoms with Gasteiger partial charge in [0.25, 0.3) is 0 Å². The number of likely N-dealkylation sites (tertiary alicyclic amines) is 1. The van der Waals surface area contributed by atoms with Crippen LogP contribution in [0.2, 0.25) is 0 Å². The van der Waals surface area contributed by atoms with Gasteiger partial charge in [-0.1, -0.05) is 10.3 Å². The predicted octanol–water partition coefficient (Wildman–Crippen LogP) is 0.436. The summed E-state index contributed by atoms with van der Waals surface area (Å²) in [5.41, 5.74) is 0.626. The van der Waals surface area contributed by atoms with Gasteiger partial charge in [-0.3, -0.25) is 4.79 Å². The molecule has 1 N–H and O–H groups in total. The number of carbonyl (C=O) groups excluding carboxylic acids is 1. The van der Waals surface area contributed by atoms with Gasteiger partial charge in [-0.2, -0.15) is 0 Å². The van der Waals surface area contributed by atoms with Crippen molar-refractivity contribution in [3.63, 3.8) is 0 Å². The highest BCUT2D eigenvalue weighted by molar-refractivity contribution is 5.79. The van der Waals surface area contributed by atoms with Crippen LogP contribution in [0.1, 0.15) is 37.1 Å². The quantitative estimate of drug-likeness (QED) is 0.843. The molecule has 1 aromatic heterocycles. The molecule has 1 aliphatic carbocycles. The van der Waals surface area contributed by atoms with Crippen LogP contribution in [-0.4, -0.2) is 44.4 Å². The normalized spacial score (nSPS) is 25.4. The first-order valence-electron chi connectivity index (χ1n) is 6.40. The molecule has 2 aliphatic rings. The zero-order chi connectivity index (χ0) is 12.8. The number of hydrogen-bond donors (Lipinski definition) is 1. The van der Waals surface area contributed by atoms with Crippen molar-refractivity contribution in [3.05, 3.63) is 11.4 Å². The van der Waals surface area contributed by atoms with E-state index in [4.69, 9.17) is 0 Å². The number of rotatable bonds is 3. The maximum Gasteiger partial charge on any atom is 0.229 e. The molecular weight excluding hydrogens is 234 g/mol. The van der Waals surface area contributed by atoms with Crippen molar-refractivity contribution in [2.75, 3.05) is 6.54 Å². The third-order valence-electron chi connectivity index (χ3n) is 4.02. The van der Waals surface area contributed by atoms with Crippen LogP contribution in [0.3, 0.4) is 0 Å². The third-order valence-corrected chi connectivity index (χ3v) is 4.02. The van der Waals surface area contributed by atoms with Crippen LogP contribution in [0, 0.1) is 6.92 Å². The molecule has 1 amide bonds. The second-order valence-electron chi connectivity index (χ2n) is 5.32. The molecule has 0 bridgehead atoms. The highest BCUT2D eigenvalue weighted by Gasteiger charge is 2.52. The van der Waals surface area contributed by atoms with Crippen molar-refractivity contribution < 1.29 is 14.5 Å². The van der Waals surface area contributed by atoms with E-state index in [1.165, 1.54) is 0 Å². The van der Waals surface area contributed by atoms with Gasteiger partial charge in [0.05, 0.1) is 18.1 Å². The number of nitrogens with zero attached hydrogens (tertiary/aromatic N) is 3. The molecule has 18 heavy (non-hydrogen) atoms. The van der Waals surface area contributed by atoms with E-state index in [2.05, 4.69) is 14.9 Å². The molecule has 1 aliphatic heterocycles. The summed E-state index contributed by atoms with van der Waals surface area (Å²) in [4.78, 5) is 14.1. The fourth-order valence-corrected chi connectivity index (χ4v) is 2.74. The van der Waals surface area contributed by atoms with Crippen molar-refractivity contribution in [1.82, 2.24) is 15.2 Å². The Hall–Kier alpha value is -1.43. The van der Waals surface area contributed by atoms with Crippen molar-refractivity contribution in [2.24, 2.45) is 0 Å². The fourth-order valence-electron chi connectivity index (χ4n) is 2.74. The van der Waals surface area contributed by atoms with E-state index >= 15 is 0 Å². The fraction of sp³-hybridized carbons (Fsp3) is 0.750. The molecule has 1 atom stereocenters. The number of amides is 1. The molecule has 98 valence electrons. The van der Waals surface area contributed by atoms with Gasteiger partial charge in [0.1, 0.15) is 11.4 Å². The van der Waals surface area contributed by atoms with E-state index in [1.807, 2.05) is 0 Å². The average Bonchev–Trinajstić information content (AvgIpc) is 2.81. The number of aromatic nitrogens is 2. The van der Waals surface area contributed by atoms with E-state index in [9.17, 15) is 9.90 Å². The van der Waals surface area contributed by atoms with Crippen LogP contribution >= 0.6 is 0 Å². The van der Waals surface area contributed by atoms with Crippen LogP contribution in [-0.2, 0) is 11.2 Å². The van der Waals surface area contributed by atoms with Gasteiger partial charge in [-0.05, 0) is 32.6 Å². The summed E-state index contributed by atoms with van der Waals surface area (Å²) < 4.78 is 4.60. The summed E-state index contributed by atoms with van der Waals surface area (Å²) in [6.45, 7) is 2.51. The van der Waals surface area contributed by atoms with Crippen LogP contribution in [0.25, 0.3) is 0 Å². The number of hydrogen-bond acceptors (Lipinski definition) is 5. The molecule has 1 saturated carbocycles. The lowest BCUT2D eigenvalue weighted by molar-refractivity contribution is -0.134. The first-order chi connectivity index (χ1) is 8.60. The molecule has 0 spiro atoms. The third kappa shape index (κ3) is 1.90. The van der Waals surface area contributed by atoms with Crippen LogP contribution in [0.4, 0.5) is 0 Å². The molecule has 0 aromatic carbocycles. The summed E-state index contributed by atoms with van der Waals surface area (Å²) in [6.07, 6.45) is 3.70. The summed E-state index contributed by atoms with van der Waals surface area (Å²) >= 11 is 0. The average molecular weight is 251 g/mol. The lowest BCUT2D eigenvalue weighted by atomic mass is 10.1. The topological polar surface area (TPSA) is 79.5 Å². The highest BCUT2D eigenvalue weighted by Crippen LogP contribution is 2.44. The minimum atomic E-state index is -0.622. The van der Waals surface area contributed by atoms with Crippen LogP contribution < -0.4 is 0 Å². The van der Waals surface area contributed by atoms with Gasteiger partial charge in [0.2, 0.25) is 5.91 Å². The zero-order valence-electron chi connectivity index (χ0n) is 10.4. The summed E-state index contributed by atoms with van der Waals surface area (Å²) in [5.74, 6) is 0.0108. The molecule has 6 heteroatoms. The zero-order valence-corrected chi connectivity index (χ0v) is 10.4. The monoisotopic (exact) mass is 251 g/mol. The standard InChI is InChI=1S/C12H17N3O3/c1-8-9(14-18-13-8)7-11(16)15-6-2-3-10(15)12(17)4-5-12/h10,17H,2-7H2,1H3. The van der Waals surface area contributed by atoms with E-state index < -0.39 is 5.60 Å². The Morgan fingerprint density at radius 1 is 1.56 bits per heavy atom. The first kappa shape index (κ1) is 11.6. The molecule has 1 unspecified atom stereocenters. The Bertz CT molecular complexity index is 467. The van der Waals surface area contributed by atoms with Crippen molar-refractivity contribution in [1.29, 1.82) is 0 Å². The van der Waals surface area contributed by atoms with Gasteiger partial charge in [0, 0.05) is 6.54 Å². The largest absolute Gasteiger partial charge is 0.388 e. The summed E-state index contributed by atoms with van der Waals surface area (Å²) in [6, 6.07) is -0.00911. The Morgan fingerprint density at radius 2 is 2.33 bits per heavy atom. The van der Waals surface area contributed by atoms with Crippen molar-refractivity contribution >= 4 is 5.91 Å². The lowest BCUT2D eigenvalue weighted by Gasteiger charge is -2.28. The van der Waals surface area contributed by atoms with Gasteiger partial charge in [-0.25, -0.2) is 4.63 Å². The Morgan fingerprint density at radius 3 is 2.94 bits per heavy atom. The van der Waals surface area contributed by atoms with Gasteiger partial charge in [-0.15, -0.1) is 0 Å². The molecule has 2 heterocycles. The highest BCUT2D eigenvalue weighted by atomic mass is 16.6. The lowest BCUT2D eigenvalue weighted by Crippen LogP contribution is -2.44. The van der Waals surface area contributed by atoms with E-state index in [0.29, 0.717) is 11.4 Å². The van der Waals surface area contributed by atoms with E-state index in [1.54, 1.807) is 11.8 Å². The molecular formula is C12H17N3O3. The minimum Gasteiger partial charge on any atom is -0.388 e. The Labute approximate surface area is 105 Å². The smallest absolute Gasteiger partial charge is 0.229 e. The van der Waals surface area contributed by atoms with E-state index in [0.717, 1.165) is 32.2 Å². The van der Waals surface area contributed by atoms with Crippen LogP contribution in [0.5, 0.6) is 0 Å². The van der Waals surface area contributed by atoms with Crippen molar-refractivity contribution in [2.45, 2.75) is 50.7 Å². The van der Waals surface area contributed by atoms with E-state index in [-0.39, 0.29) is 18.4 Å². The molecule has 1 aromatic rings. The maximum absolute atomic E-state index is 12.3. The number of aryl methyl sites for hydroxylation is 1. The number of carbonyl (C=O) groups is 1. The SMILES string of the molecule is Cc1nonc1CC(=O)N1CCCC1C1(O)CC1. The predicted molar refractivity (Wildman–Crippen MR) is 61.7 cm³/mol. The van der Waals surface area contributed by atoms with Gasteiger partial charge < -0.3 is 10.0 Å². The second kappa shape index (κ2) is 4.05. The van der Waals surface area contributed by atoms with Crippen molar-refractivity contribution in [3.8, 4) is 0 Å². The first-order valence-corrected chi connectivity index (χ1v) is 6.40. The molecule has 1 saturated heterocycles. The van der Waals surface area contributed by atoms with Gasteiger partial charge in [0.15, 0.2) is 0 Å². The Kier molecular flexibility index (Phi) is 2.62. The summed E-state index contributed by atoms with van der Waals surface area (Å²) in [5, 5.41) is 17.6. The second-order valence-corrected chi connectivity index (χ2v) is 5.32. The molecule has 6 nitrogen and oxygen atoms in total. The molecule has 0 radical (unpaired) electrons. The molecule has 3 rings (SSSR count). The number of aliphatic hydroxyl groups is 1. The van der Waals surface area contributed by atoms with Gasteiger partial charge >= 0.3 is 0 Å². The van der Waals surface area contributed by atoms with Crippen LogP contribution in [0.15, 0.2) is 4.63 Å². The Balaban J connectivity index is 1.70. The maximum atomic E-state index is 12.3.